The normalized spacial score (nSPS) is 11.7. The van der Waals surface area contributed by atoms with Gasteiger partial charge in [-0.1, -0.05) is 0 Å². The van der Waals surface area contributed by atoms with Gasteiger partial charge in [-0.2, -0.15) is 19.3 Å². The van der Waals surface area contributed by atoms with E-state index in [1.165, 1.54) is 0 Å². The van der Waals surface area contributed by atoms with E-state index in [4.69, 9.17) is 57.2 Å². The third-order valence-corrected chi connectivity index (χ3v) is 3.94. The lowest BCUT2D eigenvalue weighted by molar-refractivity contribution is -0.0328. The standard InChI is InChI=1S/C5H12O4.C3H6N6.H4O7P2/c6-1-5(2-7,3-8)4-9;4-1-7-2(5)9-3(6)8-1;1-8(2,3)7-9(4,5)6/h6-9H,1-4H2;(H6,4,5,6,7,8,9);(H2,1,2,3)(H2,4,5,6). The summed E-state index contributed by atoms with van der Waals surface area (Å²) in [7, 11) is -10.1. The van der Waals surface area contributed by atoms with Crippen molar-refractivity contribution < 1.29 is 53.4 Å². The highest BCUT2D eigenvalue weighted by atomic mass is 31.3. The number of aliphatic hydroxyl groups excluding tert-OH is 4. The number of anilines is 3. The second-order valence-electron chi connectivity index (χ2n) is 4.61. The Morgan fingerprint density at radius 1 is 0.704 bits per heavy atom. The molecule has 0 saturated heterocycles. The van der Waals surface area contributed by atoms with Crippen molar-refractivity contribution in [2.45, 2.75) is 0 Å². The number of nitrogens with two attached hydrogens (primary N) is 3. The highest BCUT2D eigenvalue weighted by molar-refractivity contribution is 7.60. The summed E-state index contributed by atoms with van der Waals surface area (Å²) in [6, 6.07) is 0. The number of rotatable bonds is 6. The van der Waals surface area contributed by atoms with E-state index in [-0.39, 0.29) is 17.8 Å². The van der Waals surface area contributed by atoms with Crippen LogP contribution in [0.4, 0.5) is 17.8 Å². The molecule has 1 rings (SSSR count). The van der Waals surface area contributed by atoms with Gasteiger partial charge in [0, 0.05) is 0 Å². The van der Waals surface area contributed by atoms with Crippen LogP contribution < -0.4 is 17.2 Å². The predicted molar refractivity (Wildman–Crippen MR) is 89.0 cm³/mol. The van der Waals surface area contributed by atoms with Crippen molar-refractivity contribution in [1.29, 1.82) is 0 Å². The maximum Gasteiger partial charge on any atom is 0.478 e. The molecule has 17 nitrogen and oxygen atoms in total. The summed E-state index contributed by atoms with van der Waals surface area (Å²) in [5, 5.41) is 34.0. The van der Waals surface area contributed by atoms with Gasteiger partial charge in [-0.25, -0.2) is 9.13 Å². The molecular formula is C8H22N6O11P2. The fraction of sp³-hybridized carbons (Fsp3) is 0.625. The fourth-order valence-electron chi connectivity index (χ4n) is 0.866. The average Bonchev–Trinajstić information content (AvgIpc) is 2.46. The Kier molecular flexibility index (Phi) is 12.4. The molecule has 160 valence electrons. The summed E-state index contributed by atoms with van der Waals surface area (Å²) >= 11 is 0. The van der Waals surface area contributed by atoms with Crippen molar-refractivity contribution in [3.8, 4) is 0 Å². The monoisotopic (exact) mass is 440 g/mol. The van der Waals surface area contributed by atoms with Crippen molar-refractivity contribution in [2.75, 3.05) is 43.6 Å². The minimum absolute atomic E-state index is 0.0417. The Bertz CT molecular complexity index is 560. The van der Waals surface area contributed by atoms with Crippen LogP contribution in [0, 0.1) is 5.41 Å². The molecule has 0 radical (unpaired) electrons. The molecule has 0 bridgehead atoms. The first kappa shape index (κ1) is 27.7. The number of aliphatic hydroxyl groups is 4. The molecule has 14 N–H and O–H groups in total. The first-order valence-corrected chi connectivity index (χ1v) is 9.48. The summed E-state index contributed by atoms with van der Waals surface area (Å²) in [5.74, 6) is 0.125. The molecule has 0 fully saturated rings. The first-order chi connectivity index (χ1) is 12.1. The molecule has 1 heterocycles. The minimum atomic E-state index is -5.05. The van der Waals surface area contributed by atoms with Crippen LogP contribution in [-0.4, -0.2) is 81.4 Å². The summed E-state index contributed by atoms with van der Waals surface area (Å²) in [4.78, 5) is 41.5. The number of nitrogens with zero attached hydrogens (tertiary/aromatic N) is 3. The predicted octanol–water partition coefficient (Wildman–Crippen LogP) is -4.25. The zero-order valence-corrected chi connectivity index (χ0v) is 15.4. The summed E-state index contributed by atoms with van der Waals surface area (Å²) in [6.07, 6.45) is 0. The smallest absolute Gasteiger partial charge is 0.396 e. The Labute approximate surface area is 152 Å². The van der Waals surface area contributed by atoms with Crippen molar-refractivity contribution in [1.82, 2.24) is 15.0 Å². The highest BCUT2D eigenvalue weighted by Crippen LogP contribution is 2.53. The van der Waals surface area contributed by atoms with E-state index in [0.717, 1.165) is 0 Å². The zero-order chi connectivity index (χ0) is 21.9. The van der Waals surface area contributed by atoms with Gasteiger partial charge in [-0.3, -0.25) is 0 Å². The van der Waals surface area contributed by atoms with Crippen LogP contribution in [0.25, 0.3) is 0 Å². The van der Waals surface area contributed by atoms with E-state index in [9.17, 15) is 9.13 Å². The van der Waals surface area contributed by atoms with Gasteiger partial charge in [-0.05, 0) is 0 Å². The van der Waals surface area contributed by atoms with Gasteiger partial charge in [0.2, 0.25) is 17.8 Å². The second kappa shape index (κ2) is 12.1. The van der Waals surface area contributed by atoms with Crippen molar-refractivity contribution in [2.24, 2.45) is 5.41 Å². The lowest BCUT2D eigenvalue weighted by atomic mass is 9.93. The number of hydrogen-bond donors (Lipinski definition) is 11. The van der Waals surface area contributed by atoms with Crippen molar-refractivity contribution >= 4 is 33.5 Å². The van der Waals surface area contributed by atoms with Gasteiger partial charge < -0.3 is 57.2 Å². The molecule has 0 unspecified atom stereocenters. The van der Waals surface area contributed by atoms with Crippen LogP contribution in [0.2, 0.25) is 0 Å². The van der Waals surface area contributed by atoms with E-state index in [2.05, 4.69) is 19.3 Å². The zero-order valence-electron chi connectivity index (χ0n) is 13.6. The number of nitrogen functional groups attached to an aromatic ring is 3. The van der Waals surface area contributed by atoms with Gasteiger partial charge in [0.05, 0.1) is 31.8 Å². The molecule has 0 atom stereocenters. The molecule has 0 saturated carbocycles. The topological polar surface area (TPSA) is 322 Å². The maximum atomic E-state index is 9.63. The fourth-order valence-corrected chi connectivity index (χ4v) is 1.97. The van der Waals surface area contributed by atoms with Crippen LogP contribution in [0.1, 0.15) is 0 Å². The van der Waals surface area contributed by atoms with E-state index in [1.54, 1.807) is 0 Å². The van der Waals surface area contributed by atoms with Gasteiger partial charge in [0.15, 0.2) is 0 Å². The van der Waals surface area contributed by atoms with Gasteiger partial charge in [0.25, 0.3) is 0 Å². The first-order valence-electron chi connectivity index (χ1n) is 6.42. The molecule has 1 aromatic heterocycles. The molecule has 0 aliphatic heterocycles. The molecule has 0 spiro atoms. The highest BCUT2D eigenvalue weighted by Gasteiger charge is 2.28. The molecule has 1 aromatic rings. The molecule has 27 heavy (non-hydrogen) atoms. The van der Waals surface area contributed by atoms with Crippen LogP contribution >= 0.6 is 15.6 Å². The quantitative estimate of drug-likeness (QED) is 0.186. The van der Waals surface area contributed by atoms with Crippen molar-refractivity contribution in [3.05, 3.63) is 0 Å². The molecule has 0 aliphatic carbocycles. The summed E-state index contributed by atoms with van der Waals surface area (Å²) in [5.41, 5.74) is 14.3. The Hall–Kier alpha value is -1.49. The molecule has 0 aliphatic rings. The molecule has 19 heteroatoms. The average molecular weight is 440 g/mol. The third kappa shape index (κ3) is 15.3. The van der Waals surface area contributed by atoms with Crippen LogP contribution in [0.3, 0.4) is 0 Å². The largest absolute Gasteiger partial charge is 0.478 e. The number of phosphoric acid groups is 2. The summed E-state index contributed by atoms with van der Waals surface area (Å²) in [6.45, 7) is -1.62. The number of aromatic nitrogens is 3. The molecule has 0 amide bonds. The number of hydrogen-bond acceptors (Lipinski definition) is 13. The Balaban J connectivity index is 0. The van der Waals surface area contributed by atoms with Crippen molar-refractivity contribution in [3.63, 3.8) is 0 Å². The van der Waals surface area contributed by atoms with Crippen LogP contribution in [0.15, 0.2) is 0 Å². The maximum absolute atomic E-state index is 9.63. The van der Waals surface area contributed by atoms with E-state index < -0.39 is 47.5 Å². The van der Waals surface area contributed by atoms with E-state index in [1.807, 2.05) is 0 Å². The molecule has 0 aromatic carbocycles. The van der Waals surface area contributed by atoms with E-state index >= 15 is 0 Å². The Morgan fingerprint density at radius 3 is 1.00 bits per heavy atom. The second-order valence-corrected chi connectivity index (χ2v) is 7.22. The van der Waals surface area contributed by atoms with Gasteiger partial charge >= 0.3 is 15.6 Å². The van der Waals surface area contributed by atoms with Crippen LogP contribution in [0.5, 0.6) is 0 Å². The Morgan fingerprint density at radius 2 is 0.926 bits per heavy atom. The van der Waals surface area contributed by atoms with Gasteiger partial charge in [-0.15, -0.1) is 0 Å². The SMILES string of the molecule is Nc1nc(N)nc(N)n1.O=P(O)(O)OP(=O)(O)O.OCC(CO)(CO)CO. The van der Waals surface area contributed by atoms with E-state index in [0.29, 0.717) is 0 Å². The van der Waals surface area contributed by atoms with Gasteiger partial charge in [0.1, 0.15) is 0 Å². The lowest BCUT2D eigenvalue weighted by Gasteiger charge is -2.23. The lowest BCUT2D eigenvalue weighted by Crippen LogP contribution is -2.37. The molecular weight excluding hydrogens is 418 g/mol. The third-order valence-electron chi connectivity index (χ3n) is 2.24. The summed E-state index contributed by atoms with van der Waals surface area (Å²) < 4.78 is 22.2. The van der Waals surface area contributed by atoms with Crippen LogP contribution in [-0.2, 0) is 13.4 Å². The minimum Gasteiger partial charge on any atom is -0.396 e.